The van der Waals surface area contributed by atoms with Crippen molar-refractivity contribution < 1.29 is 5.11 Å². The maximum atomic E-state index is 10.3. The first-order valence-corrected chi connectivity index (χ1v) is 5.30. The first-order chi connectivity index (χ1) is 7.08. The van der Waals surface area contributed by atoms with E-state index < -0.39 is 5.60 Å². The molecule has 1 atom stereocenters. The number of hydrogen-bond acceptors (Lipinski definition) is 1. The normalized spacial score (nSPS) is 14.3. The van der Waals surface area contributed by atoms with Crippen LogP contribution in [0.25, 0.3) is 0 Å². The van der Waals surface area contributed by atoms with Gasteiger partial charge in [0.1, 0.15) is 0 Å². The number of unbranched alkanes of at least 4 members (excludes halogenated alkanes) is 1. The summed E-state index contributed by atoms with van der Waals surface area (Å²) in [5.74, 6) is 2.60. The van der Waals surface area contributed by atoms with E-state index in [2.05, 4.69) is 5.92 Å². The van der Waals surface area contributed by atoms with Crippen LogP contribution in [-0.2, 0) is 5.60 Å². The van der Waals surface area contributed by atoms with Gasteiger partial charge in [-0.1, -0.05) is 24.3 Å². The highest BCUT2D eigenvalue weighted by Gasteiger charge is 2.23. The Hall–Kier alpha value is -1.26. The van der Waals surface area contributed by atoms with Gasteiger partial charge in [0.2, 0.25) is 0 Å². The Kier molecular flexibility index (Phi) is 3.94. The molecule has 0 aliphatic heterocycles. The van der Waals surface area contributed by atoms with Crippen molar-refractivity contribution >= 4 is 0 Å². The minimum atomic E-state index is -0.762. The average Bonchev–Trinajstić information content (AvgIpc) is 2.18. The summed E-state index contributed by atoms with van der Waals surface area (Å²) in [5, 5.41) is 10.3. The van der Waals surface area contributed by atoms with E-state index in [1.165, 1.54) is 0 Å². The van der Waals surface area contributed by atoms with E-state index >= 15 is 0 Å². The summed E-state index contributed by atoms with van der Waals surface area (Å²) in [6.45, 7) is 3.87. The largest absolute Gasteiger partial charge is 0.385 e. The summed E-state index contributed by atoms with van der Waals surface area (Å²) >= 11 is 0. The standard InChI is InChI=1S/C14H18O/c1-4-5-8-11-14(3,15)13-10-7-6-9-12(13)2/h1,6-7,9-10,15H,5,8,11H2,2-3H3. The van der Waals surface area contributed by atoms with Crippen LogP contribution in [0.4, 0.5) is 0 Å². The van der Waals surface area contributed by atoms with Gasteiger partial charge < -0.3 is 5.11 Å². The van der Waals surface area contributed by atoms with Gasteiger partial charge in [0, 0.05) is 6.42 Å². The second-order valence-electron chi connectivity index (χ2n) is 4.15. The van der Waals surface area contributed by atoms with Crippen molar-refractivity contribution in [3.05, 3.63) is 35.4 Å². The Labute approximate surface area is 92.1 Å². The molecule has 1 N–H and O–H groups in total. The first-order valence-electron chi connectivity index (χ1n) is 5.30. The van der Waals surface area contributed by atoms with E-state index in [1.54, 1.807) is 0 Å². The van der Waals surface area contributed by atoms with Crippen LogP contribution < -0.4 is 0 Å². The second-order valence-corrected chi connectivity index (χ2v) is 4.15. The number of aryl methyl sites for hydroxylation is 1. The molecule has 0 aliphatic carbocycles. The summed E-state index contributed by atoms with van der Waals surface area (Å²) in [7, 11) is 0. The van der Waals surface area contributed by atoms with Gasteiger partial charge in [-0.05, 0) is 37.8 Å². The molecule has 1 nitrogen and oxygen atoms in total. The van der Waals surface area contributed by atoms with Crippen LogP contribution in [0.2, 0.25) is 0 Å². The van der Waals surface area contributed by atoms with Gasteiger partial charge in [0.15, 0.2) is 0 Å². The van der Waals surface area contributed by atoms with Crippen molar-refractivity contribution in [1.82, 2.24) is 0 Å². The molecule has 0 saturated heterocycles. The number of aliphatic hydroxyl groups is 1. The Morgan fingerprint density at radius 2 is 2.07 bits per heavy atom. The molecule has 1 rings (SSSR count). The van der Waals surface area contributed by atoms with Crippen LogP contribution in [0.1, 0.15) is 37.3 Å². The van der Waals surface area contributed by atoms with Gasteiger partial charge in [-0.15, -0.1) is 12.3 Å². The lowest BCUT2D eigenvalue weighted by Gasteiger charge is -2.25. The molecule has 0 amide bonds. The zero-order valence-corrected chi connectivity index (χ0v) is 9.46. The van der Waals surface area contributed by atoms with E-state index in [9.17, 15) is 5.11 Å². The minimum Gasteiger partial charge on any atom is -0.385 e. The molecule has 15 heavy (non-hydrogen) atoms. The van der Waals surface area contributed by atoms with E-state index in [0.29, 0.717) is 6.42 Å². The summed E-state index contributed by atoms with van der Waals surface area (Å²) in [4.78, 5) is 0. The summed E-state index contributed by atoms with van der Waals surface area (Å²) in [5.41, 5.74) is 1.37. The predicted molar refractivity (Wildman–Crippen MR) is 63.4 cm³/mol. The van der Waals surface area contributed by atoms with Crippen LogP contribution in [-0.4, -0.2) is 5.11 Å². The Bertz CT molecular complexity index is 358. The zero-order chi connectivity index (χ0) is 11.3. The molecule has 0 bridgehead atoms. The van der Waals surface area contributed by atoms with Crippen LogP contribution in [0.5, 0.6) is 0 Å². The molecule has 0 aliphatic rings. The third-order valence-electron chi connectivity index (χ3n) is 2.71. The number of hydrogen-bond donors (Lipinski definition) is 1. The first kappa shape index (κ1) is 11.8. The van der Waals surface area contributed by atoms with Crippen LogP contribution in [0.3, 0.4) is 0 Å². The zero-order valence-electron chi connectivity index (χ0n) is 9.46. The molecule has 0 radical (unpaired) electrons. The van der Waals surface area contributed by atoms with Crippen LogP contribution in [0, 0.1) is 19.3 Å². The third-order valence-corrected chi connectivity index (χ3v) is 2.71. The van der Waals surface area contributed by atoms with E-state index in [1.807, 2.05) is 38.1 Å². The molecular formula is C14H18O. The Balaban J connectivity index is 2.77. The van der Waals surface area contributed by atoms with Crippen molar-refractivity contribution in [2.45, 2.75) is 38.7 Å². The summed E-state index contributed by atoms with van der Waals surface area (Å²) in [6, 6.07) is 7.94. The maximum absolute atomic E-state index is 10.3. The van der Waals surface area contributed by atoms with Crippen molar-refractivity contribution in [1.29, 1.82) is 0 Å². The molecule has 0 fully saturated rings. The predicted octanol–water partition coefficient (Wildman–Crippen LogP) is 3.01. The second kappa shape index (κ2) is 5.00. The smallest absolute Gasteiger partial charge is 0.0871 e. The highest BCUT2D eigenvalue weighted by molar-refractivity contribution is 5.30. The molecule has 0 aromatic heterocycles. The van der Waals surface area contributed by atoms with E-state index in [0.717, 1.165) is 24.0 Å². The fraction of sp³-hybridized carbons (Fsp3) is 0.429. The maximum Gasteiger partial charge on any atom is 0.0871 e. The van der Waals surface area contributed by atoms with Gasteiger partial charge in [0.25, 0.3) is 0 Å². The molecular weight excluding hydrogens is 184 g/mol. The minimum absolute atomic E-state index is 0.710. The molecule has 1 aromatic rings. The summed E-state index contributed by atoms with van der Waals surface area (Å²) in [6.07, 6.45) is 7.49. The quantitative estimate of drug-likeness (QED) is 0.588. The molecule has 1 heteroatoms. The Morgan fingerprint density at radius 1 is 1.40 bits per heavy atom. The lowest BCUT2D eigenvalue weighted by atomic mass is 9.88. The van der Waals surface area contributed by atoms with E-state index in [4.69, 9.17) is 6.42 Å². The molecule has 80 valence electrons. The van der Waals surface area contributed by atoms with Crippen molar-refractivity contribution in [3.63, 3.8) is 0 Å². The molecule has 1 aromatic carbocycles. The monoisotopic (exact) mass is 202 g/mol. The van der Waals surface area contributed by atoms with Crippen molar-refractivity contribution in [3.8, 4) is 12.3 Å². The molecule has 0 heterocycles. The van der Waals surface area contributed by atoms with Gasteiger partial charge in [-0.3, -0.25) is 0 Å². The fourth-order valence-electron chi connectivity index (χ4n) is 1.85. The molecule has 1 unspecified atom stereocenters. The SMILES string of the molecule is C#CCCCC(C)(O)c1ccccc1C. The van der Waals surface area contributed by atoms with Crippen LogP contribution >= 0.6 is 0 Å². The van der Waals surface area contributed by atoms with Crippen molar-refractivity contribution in [2.24, 2.45) is 0 Å². The van der Waals surface area contributed by atoms with Gasteiger partial charge >= 0.3 is 0 Å². The van der Waals surface area contributed by atoms with Gasteiger partial charge in [-0.25, -0.2) is 0 Å². The van der Waals surface area contributed by atoms with E-state index in [-0.39, 0.29) is 0 Å². The fourth-order valence-corrected chi connectivity index (χ4v) is 1.85. The number of terminal acetylenes is 1. The average molecular weight is 202 g/mol. The Morgan fingerprint density at radius 3 is 2.67 bits per heavy atom. The van der Waals surface area contributed by atoms with Gasteiger partial charge in [-0.2, -0.15) is 0 Å². The van der Waals surface area contributed by atoms with Crippen molar-refractivity contribution in [2.75, 3.05) is 0 Å². The highest BCUT2D eigenvalue weighted by atomic mass is 16.3. The lowest BCUT2D eigenvalue weighted by Crippen LogP contribution is -2.22. The number of benzene rings is 1. The molecule has 0 saturated carbocycles. The lowest BCUT2D eigenvalue weighted by molar-refractivity contribution is 0.0454. The molecule has 0 spiro atoms. The van der Waals surface area contributed by atoms with Crippen LogP contribution in [0.15, 0.2) is 24.3 Å². The highest BCUT2D eigenvalue weighted by Crippen LogP contribution is 2.28. The van der Waals surface area contributed by atoms with Gasteiger partial charge in [0.05, 0.1) is 5.60 Å². The summed E-state index contributed by atoms with van der Waals surface area (Å²) < 4.78 is 0. The third kappa shape index (κ3) is 3.11. The topological polar surface area (TPSA) is 20.2 Å². The number of rotatable bonds is 4.